The van der Waals surface area contributed by atoms with Crippen LogP contribution in [0.5, 0.6) is 5.75 Å². The summed E-state index contributed by atoms with van der Waals surface area (Å²) in [6.45, 7) is 3.85. The number of aliphatic carboxylic acids is 1. The minimum absolute atomic E-state index is 0.159. The van der Waals surface area contributed by atoms with Gasteiger partial charge >= 0.3 is 5.97 Å². The topological polar surface area (TPSA) is 68.5 Å². The summed E-state index contributed by atoms with van der Waals surface area (Å²) in [4.78, 5) is 22.7. The molecular weight excluding hydrogens is 282 g/mol. The zero-order chi connectivity index (χ0) is 16.1. The van der Waals surface area contributed by atoms with Crippen LogP contribution < -0.4 is 10.2 Å². The summed E-state index contributed by atoms with van der Waals surface area (Å²) >= 11 is 0. The van der Waals surface area contributed by atoms with Crippen LogP contribution in [-0.2, 0) is 24.4 Å². The molecule has 5 nitrogen and oxygen atoms in total. The minimum Gasteiger partial charge on any atom is -0.483 e. The first kappa shape index (κ1) is 15.8. The standard InChI is InChI=1S/C17H19NO4/c1-3-13-4-6-14(7-5-13)11-22-16-9-18(10-17(20)21)12(2)8-15(16)19/h4-9H,3,10-11H2,1-2H3,(H,20,21). The van der Waals surface area contributed by atoms with Gasteiger partial charge in [-0.25, -0.2) is 0 Å². The van der Waals surface area contributed by atoms with E-state index in [4.69, 9.17) is 9.84 Å². The van der Waals surface area contributed by atoms with Crippen molar-refractivity contribution in [2.75, 3.05) is 0 Å². The second kappa shape index (κ2) is 6.93. The Hall–Kier alpha value is -2.56. The van der Waals surface area contributed by atoms with Crippen molar-refractivity contribution in [2.45, 2.75) is 33.4 Å². The van der Waals surface area contributed by atoms with Crippen LogP contribution in [0.1, 0.15) is 23.7 Å². The Labute approximate surface area is 128 Å². The lowest BCUT2D eigenvalue weighted by Crippen LogP contribution is -2.17. The predicted molar refractivity (Wildman–Crippen MR) is 83.2 cm³/mol. The van der Waals surface area contributed by atoms with E-state index in [1.54, 1.807) is 6.92 Å². The van der Waals surface area contributed by atoms with Crippen LogP contribution in [0.15, 0.2) is 41.3 Å². The molecule has 0 aliphatic carbocycles. The van der Waals surface area contributed by atoms with Gasteiger partial charge in [0.15, 0.2) is 5.75 Å². The molecule has 0 bridgehead atoms. The second-order valence-electron chi connectivity index (χ2n) is 5.12. The van der Waals surface area contributed by atoms with Gasteiger partial charge in [0.25, 0.3) is 0 Å². The third-order valence-electron chi connectivity index (χ3n) is 3.44. The molecule has 116 valence electrons. The van der Waals surface area contributed by atoms with Gasteiger partial charge in [0.05, 0.1) is 6.20 Å². The van der Waals surface area contributed by atoms with Crippen molar-refractivity contribution in [3.05, 3.63) is 63.6 Å². The molecule has 0 fully saturated rings. The number of pyridine rings is 1. The summed E-state index contributed by atoms with van der Waals surface area (Å²) < 4.78 is 7.03. The number of nitrogens with zero attached hydrogens (tertiary/aromatic N) is 1. The quantitative estimate of drug-likeness (QED) is 0.889. The molecule has 0 spiro atoms. The number of carbonyl (C=O) groups is 1. The van der Waals surface area contributed by atoms with Gasteiger partial charge < -0.3 is 14.4 Å². The molecule has 0 amide bonds. The molecule has 0 aliphatic rings. The molecule has 22 heavy (non-hydrogen) atoms. The van der Waals surface area contributed by atoms with Crippen molar-refractivity contribution in [1.82, 2.24) is 4.57 Å². The monoisotopic (exact) mass is 301 g/mol. The van der Waals surface area contributed by atoms with Crippen molar-refractivity contribution in [1.29, 1.82) is 0 Å². The van der Waals surface area contributed by atoms with Crippen LogP contribution in [-0.4, -0.2) is 15.6 Å². The number of ether oxygens (including phenoxy) is 1. The maximum absolute atomic E-state index is 11.9. The molecule has 1 N–H and O–H groups in total. The van der Waals surface area contributed by atoms with E-state index in [1.165, 1.54) is 22.4 Å². The maximum Gasteiger partial charge on any atom is 0.323 e. The van der Waals surface area contributed by atoms with Gasteiger partial charge in [-0.3, -0.25) is 9.59 Å². The van der Waals surface area contributed by atoms with Gasteiger partial charge in [0.1, 0.15) is 13.2 Å². The van der Waals surface area contributed by atoms with E-state index < -0.39 is 5.97 Å². The Kier molecular flexibility index (Phi) is 4.99. The SMILES string of the molecule is CCc1ccc(COc2cn(CC(=O)O)c(C)cc2=O)cc1. The van der Waals surface area contributed by atoms with Crippen LogP contribution in [0, 0.1) is 6.92 Å². The fourth-order valence-corrected chi connectivity index (χ4v) is 2.11. The minimum atomic E-state index is -0.965. The van der Waals surface area contributed by atoms with Crippen molar-refractivity contribution >= 4 is 5.97 Å². The van der Waals surface area contributed by atoms with Gasteiger partial charge in [-0.15, -0.1) is 0 Å². The fraction of sp³-hybridized carbons (Fsp3) is 0.294. The molecule has 1 aromatic heterocycles. The molecule has 0 aliphatic heterocycles. The molecule has 5 heteroatoms. The predicted octanol–water partition coefficient (Wildman–Crippen LogP) is 2.38. The molecule has 0 unspecified atom stereocenters. The van der Waals surface area contributed by atoms with Gasteiger partial charge in [-0.2, -0.15) is 0 Å². The number of hydrogen-bond acceptors (Lipinski definition) is 3. The van der Waals surface area contributed by atoms with Gasteiger partial charge in [-0.05, 0) is 24.5 Å². The first-order valence-corrected chi connectivity index (χ1v) is 7.13. The molecule has 0 saturated heterocycles. The zero-order valence-electron chi connectivity index (χ0n) is 12.7. The van der Waals surface area contributed by atoms with E-state index in [9.17, 15) is 9.59 Å². The highest BCUT2D eigenvalue weighted by molar-refractivity contribution is 5.66. The van der Waals surface area contributed by atoms with Crippen LogP contribution in [0.3, 0.4) is 0 Å². The van der Waals surface area contributed by atoms with E-state index in [2.05, 4.69) is 6.92 Å². The van der Waals surface area contributed by atoms with Gasteiger partial charge in [0, 0.05) is 11.8 Å². The lowest BCUT2D eigenvalue weighted by molar-refractivity contribution is -0.137. The second-order valence-corrected chi connectivity index (χ2v) is 5.12. The average molecular weight is 301 g/mol. The number of aryl methyl sites for hydroxylation is 2. The lowest BCUT2D eigenvalue weighted by Gasteiger charge is -2.11. The van der Waals surface area contributed by atoms with Crippen molar-refractivity contribution in [3.8, 4) is 5.75 Å². The van der Waals surface area contributed by atoms with E-state index in [0.29, 0.717) is 5.69 Å². The molecule has 0 atom stereocenters. The van der Waals surface area contributed by atoms with E-state index in [0.717, 1.165) is 12.0 Å². The molecule has 1 heterocycles. The fourth-order valence-electron chi connectivity index (χ4n) is 2.11. The summed E-state index contributed by atoms with van der Waals surface area (Å²) in [7, 11) is 0. The van der Waals surface area contributed by atoms with Gasteiger partial charge in [-0.1, -0.05) is 31.2 Å². The summed E-state index contributed by atoms with van der Waals surface area (Å²) in [5, 5.41) is 8.87. The highest BCUT2D eigenvalue weighted by atomic mass is 16.5. The number of aromatic nitrogens is 1. The lowest BCUT2D eigenvalue weighted by atomic mass is 10.1. The molecular formula is C17H19NO4. The molecule has 1 aromatic carbocycles. The van der Waals surface area contributed by atoms with E-state index in [1.807, 2.05) is 24.3 Å². The van der Waals surface area contributed by atoms with E-state index >= 15 is 0 Å². The number of benzene rings is 1. The van der Waals surface area contributed by atoms with Crippen molar-refractivity contribution < 1.29 is 14.6 Å². The number of hydrogen-bond donors (Lipinski definition) is 1. The number of rotatable bonds is 6. The Bertz CT molecular complexity index is 716. The molecule has 0 radical (unpaired) electrons. The third kappa shape index (κ3) is 3.97. The summed E-state index contributed by atoms with van der Waals surface area (Å²) in [5.41, 5.74) is 2.54. The third-order valence-corrected chi connectivity index (χ3v) is 3.44. The molecule has 2 aromatic rings. The normalized spacial score (nSPS) is 10.5. The average Bonchev–Trinajstić information content (AvgIpc) is 2.49. The van der Waals surface area contributed by atoms with Crippen LogP contribution >= 0.6 is 0 Å². The Morgan fingerprint density at radius 3 is 2.45 bits per heavy atom. The van der Waals surface area contributed by atoms with Crippen LogP contribution in [0.25, 0.3) is 0 Å². The highest BCUT2D eigenvalue weighted by Gasteiger charge is 2.08. The molecule has 0 saturated carbocycles. The Morgan fingerprint density at radius 1 is 1.23 bits per heavy atom. The van der Waals surface area contributed by atoms with E-state index in [-0.39, 0.29) is 24.3 Å². The van der Waals surface area contributed by atoms with Crippen molar-refractivity contribution in [2.24, 2.45) is 0 Å². The first-order valence-electron chi connectivity index (χ1n) is 7.13. The summed E-state index contributed by atoms with van der Waals surface area (Å²) in [6, 6.07) is 9.36. The summed E-state index contributed by atoms with van der Waals surface area (Å²) in [6.07, 6.45) is 2.42. The zero-order valence-corrected chi connectivity index (χ0v) is 12.7. The highest BCUT2D eigenvalue weighted by Crippen LogP contribution is 2.11. The number of carboxylic acid groups (broad SMARTS) is 1. The summed E-state index contributed by atoms with van der Waals surface area (Å²) in [5.74, 6) is -0.806. The van der Waals surface area contributed by atoms with Crippen LogP contribution in [0.4, 0.5) is 0 Å². The Morgan fingerprint density at radius 2 is 1.86 bits per heavy atom. The number of carboxylic acids is 1. The van der Waals surface area contributed by atoms with Gasteiger partial charge in [0.2, 0.25) is 5.43 Å². The van der Waals surface area contributed by atoms with Crippen LogP contribution in [0.2, 0.25) is 0 Å². The van der Waals surface area contributed by atoms with Crippen molar-refractivity contribution in [3.63, 3.8) is 0 Å². The molecule has 2 rings (SSSR count). The smallest absolute Gasteiger partial charge is 0.323 e. The maximum atomic E-state index is 11.9. The first-order chi connectivity index (χ1) is 10.5. The Balaban J connectivity index is 2.14. The largest absolute Gasteiger partial charge is 0.483 e.